The van der Waals surface area contributed by atoms with Gasteiger partial charge in [-0.2, -0.15) is 0 Å². The highest BCUT2D eigenvalue weighted by atomic mass is 32.2. The van der Waals surface area contributed by atoms with Crippen LogP contribution in [0, 0.1) is 0 Å². The fourth-order valence-electron chi connectivity index (χ4n) is 1.81. The average molecular weight is 365 g/mol. The summed E-state index contributed by atoms with van der Waals surface area (Å²) in [6.07, 6.45) is -3.53. The number of sulfonamides is 1. The van der Waals surface area contributed by atoms with Crippen LogP contribution in [0.15, 0.2) is 52.0 Å². The first-order chi connectivity index (χ1) is 11.0. The van der Waals surface area contributed by atoms with Crippen molar-refractivity contribution in [3.63, 3.8) is 0 Å². The molecule has 6 nitrogen and oxygen atoms in total. The first kappa shape index (κ1) is 18.3. The molecule has 1 aromatic carbocycles. The Morgan fingerprint density at radius 1 is 1.21 bits per heavy atom. The van der Waals surface area contributed by atoms with E-state index in [0.29, 0.717) is 0 Å². The Kier molecular flexibility index (Phi) is 4.92. The lowest BCUT2D eigenvalue weighted by atomic mass is 10.1. The van der Waals surface area contributed by atoms with Crippen LogP contribution in [0.1, 0.15) is 12.7 Å². The number of aliphatic hydroxyl groups is 1. The molecule has 2 aromatic rings. The topological polar surface area (TPSA) is 88.8 Å². The van der Waals surface area contributed by atoms with Crippen LogP contribution in [0.2, 0.25) is 0 Å². The van der Waals surface area contributed by atoms with Gasteiger partial charge in [-0.25, -0.2) is 13.1 Å². The smallest absolute Gasteiger partial charge is 0.466 e. The van der Waals surface area contributed by atoms with Crippen LogP contribution in [0.25, 0.3) is 0 Å². The number of nitrogens with one attached hydrogen (secondary N) is 1. The summed E-state index contributed by atoms with van der Waals surface area (Å²) in [7, 11) is -4.03. The second-order valence-electron chi connectivity index (χ2n) is 5.09. The van der Waals surface area contributed by atoms with Crippen molar-refractivity contribution in [1.82, 2.24) is 4.72 Å². The van der Waals surface area contributed by atoms with Crippen molar-refractivity contribution in [3.05, 3.63) is 48.4 Å². The fraction of sp³-hybridized carbons (Fsp3) is 0.286. The van der Waals surface area contributed by atoms with E-state index in [2.05, 4.69) is 9.46 Å². The summed E-state index contributed by atoms with van der Waals surface area (Å²) in [6, 6.07) is 6.71. The van der Waals surface area contributed by atoms with E-state index in [9.17, 15) is 26.7 Å². The van der Waals surface area contributed by atoms with Crippen molar-refractivity contribution < 1.29 is 35.8 Å². The summed E-state index contributed by atoms with van der Waals surface area (Å²) in [6.45, 7) is 0.971. The van der Waals surface area contributed by atoms with Crippen LogP contribution in [0.4, 0.5) is 13.2 Å². The Labute approximate surface area is 135 Å². The highest BCUT2D eigenvalue weighted by Gasteiger charge is 2.31. The molecule has 1 unspecified atom stereocenters. The molecule has 2 rings (SSSR count). The molecule has 0 saturated carbocycles. The molecular weight excluding hydrogens is 351 g/mol. The molecule has 2 N–H and O–H groups in total. The van der Waals surface area contributed by atoms with Gasteiger partial charge >= 0.3 is 6.36 Å². The number of hydrogen-bond acceptors (Lipinski definition) is 5. The summed E-state index contributed by atoms with van der Waals surface area (Å²) >= 11 is 0. The summed E-state index contributed by atoms with van der Waals surface area (Å²) < 4.78 is 71.3. The molecule has 1 aromatic heterocycles. The predicted octanol–water partition coefficient (Wildman–Crippen LogP) is 2.36. The van der Waals surface area contributed by atoms with Crippen molar-refractivity contribution in [2.24, 2.45) is 0 Å². The molecule has 0 aliphatic heterocycles. The Hall–Kier alpha value is -2.04. The quantitative estimate of drug-likeness (QED) is 0.820. The first-order valence-electron chi connectivity index (χ1n) is 6.61. The number of alkyl halides is 3. The van der Waals surface area contributed by atoms with Crippen LogP contribution >= 0.6 is 0 Å². The Morgan fingerprint density at radius 2 is 1.83 bits per heavy atom. The number of halogens is 3. The summed E-state index contributed by atoms with van der Waals surface area (Å²) in [5.41, 5.74) is -1.59. The van der Waals surface area contributed by atoms with Crippen molar-refractivity contribution in [2.45, 2.75) is 23.8 Å². The second-order valence-corrected chi connectivity index (χ2v) is 6.86. The van der Waals surface area contributed by atoms with Gasteiger partial charge in [0.1, 0.15) is 17.1 Å². The zero-order chi connectivity index (χ0) is 18.0. The van der Waals surface area contributed by atoms with Gasteiger partial charge in [-0.3, -0.25) is 0 Å². The van der Waals surface area contributed by atoms with Gasteiger partial charge in [-0.15, -0.1) is 13.2 Å². The van der Waals surface area contributed by atoms with E-state index < -0.39 is 27.7 Å². The Balaban J connectivity index is 2.08. The molecule has 0 radical (unpaired) electrons. The van der Waals surface area contributed by atoms with E-state index >= 15 is 0 Å². The highest BCUT2D eigenvalue weighted by Crippen LogP contribution is 2.24. The maximum Gasteiger partial charge on any atom is 0.573 e. The zero-order valence-electron chi connectivity index (χ0n) is 12.4. The van der Waals surface area contributed by atoms with Crippen LogP contribution in [-0.2, 0) is 15.6 Å². The number of ether oxygens (including phenoxy) is 1. The normalized spacial score (nSPS) is 15.0. The van der Waals surface area contributed by atoms with E-state index in [1.807, 2.05) is 0 Å². The zero-order valence-corrected chi connectivity index (χ0v) is 13.2. The largest absolute Gasteiger partial charge is 0.573 e. The molecule has 0 saturated heterocycles. The highest BCUT2D eigenvalue weighted by molar-refractivity contribution is 7.89. The van der Waals surface area contributed by atoms with Crippen molar-refractivity contribution in [1.29, 1.82) is 0 Å². The van der Waals surface area contributed by atoms with Gasteiger partial charge in [0.05, 0.1) is 11.2 Å². The third kappa shape index (κ3) is 4.73. The van der Waals surface area contributed by atoms with Crippen LogP contribution in [-0.4, -0.2) is 26.4 Å². The molecule has 132 valence electrons. The molecule has 0 amide bonds. The number of furan rings is 1. The fourth-order valence-corrected chi connectivity index (χ4v) is 2.94. The molecular formula is C14H14F3NO5S. The molecule has 0 fully saturated rings. The molecule has 1 heterocycles. The van der Waals surface area contributed by atoms with Crippen LogP contribution in [0.3, 0.4) is 0 Å². The lowest BCUT2D eigenvalue weighted by Gasteiger charge is -2.21. The maximum absolute atomic E-state index is 12.1. The minimum absolute atomic E-state index is 0.166. The monoisotopic (exact) mass is 365 g/mol. The van der Waals surface area contributed by atoms with Crippen molar-refractivity contribution >= 4 is 10.0 Å². The van der Waals surface area contributed by atoms with Crippen LogP contribution < -0.4 is 9.46 Å². The lowest BCUT2D eigenvalue weighted by molar-refractivity contribution is -0.274. The Morgan fingerprint density at radius 3 is 2.33 bits per heavy atom. The van der Waals surface area contributed by atoms with Crippen molar-refractivity contribution in [3.8, 4) is 5.75 Å². The van der Waals surface area contributed by atoms with Crippen molar-refractivity contribution in [2.75, 3.05) is 6.54 Å². The lowest BCUT2D eigenvalue weighted by Crippen LogP contribution is -2.38. The van der Waals surface area contributed by atoms with E-state index in [-0.39, 0.29) is 17.2 Å². The van der Waals surface area contributed by atoms with E-state index in [1.54, 1.807) is 0 Å². The van der Waals surface area contributed by atoms with Crippen LogP contribution in [0.5, 0.6) is 5.75 Å². The summed E-state index contributed by atoms with van der Waals surface area (Å²) in [4.78, 5) is -0.271. The van der Waals surface area contributed by atoms with Gasteiger partial charge in [0, 0.05) is 6.54 Å². The number of hydrogen-bond donors (Lipinski definition) is 2. The second kappa shape index (κ2) is 6.46. The molecule has 24 heavy (non-hydrogen) atoms. The average Bonchev–Trinajstić information content (AvgIpc) is 2.99. The minimum Gasteiger partial charge on any atom is -0.466 e. The predicted molar refractivity (Wildman–Crippen MR) is 76.6 cm³/mol. The number of rotatable bonds is 6. The van der Waals surface area contributed by atoms with Gasteiger partial charge in [-0.1, -0.05) is 0 Å². The molecule has 0 bridgehead atoms. The SMILES string of the molecule is CC(O)(CNS(=O)(=O)c1ccc(OC(F)(F)F)cc1)c1ccco1. The first-order valence-corrected chi connectivity index (χ1v) is 8.10. The Bertz CT molecular complexity index is 768. The van der Waals surface area contributed by atoms with E-state index in [1.165, 1.54) is 25.3 Å². The van der Waals surface area contributed by atoms with Gasteiger partial charge in [0.15, 0.2) is 0 Å². The summed E-state index contributed by atoms with van der Waals surface area (Å²) in [5.74, 6) is -0.372. The summed E-state index contributed by atoms with van der Waals surface area (Å²) in [5, 5.41) is 10.2. The van der Waals surface area contributed by atoms with E-state index in [0.717, 1.165) is 24.3 Å². The molecule has 0 aliphatic carbocycles. The number of benzene rings is 1. The molecule has 1 atom stereocenters. The van der Waals surface area contributed by atoms with Gasteiger partial charge in [0.2, 0.25) is 10.0 Å². The molecule has 10 heteroatoms. The maximum atomic E-state index is 12.1. The third-order valence-corrected chi connectivity index (χ3v) is 4.44. The van der Waals surface area contributed by atoms with Gasteiger partial charge in [-0.05, 0) is 43.3 Å². The van der Waals surface area contributed by atoms with Gasteiger partial charge < -0.3 is 14.3 Å². The standard InChI is InChI=1S/C14H14F3NO5S/c1-13(19,12-3-2-8-22-12)9-18-24(20,21)11-6-4-10(5-7-11)23-14(15,16)17/h2-8,18-19H,9H2,1H3. The third-order valence-electron chi connectivity index (χ3n) is 3.03. The van der Waals surface area contributed by atoms with E-state index in [4.69, 9.17) is 4.42 Å². The van der Waals surface area contributed by atoms with Gasteiger partial charge in [0.25, 0.3) is 0 Å². The molecule has 0 aliphatic rings. The minimum atomic E-state index is -4.86. The molecule has 0 spiro atoms.